The maximum atomic E-state index is 3.69. The average molecular weight is 294 g/mol. The number of aryl methyl sites for hydroxylation is 1. The molecular weight excluding hydrogens is 262 g/mol. The molecule has 0 aromatic carbocycles. The van der Waals surface area contributed by atoms with Gasteiger partial charge in [0.2, 0.25) is 0 Å². The predicted molar refractivity (Wildman–Crippen MR) is 90.6 cm³/mol. The van der Waals surface area contributed by atoms with Crippen molar-refractivity contribution in [2.75, 3.05) is 13.1 Å². The SMILES string of the molecule is CCc1ccc(CC2CCCCC2CNCC(C)C)s1. The number of rotatable bonds is 7. The molecule has 1 heterocycles. The van der Waals surface area contributed by atoms with Crippen LogP contribution in [0.15, 0.2) is 12.1 Å². The Kier molecular flexibility index (Phi) is 6.57. The Balaban J connectivity index is 1.85. The van der Waals surface area contributed by atoms with Gasteiger partial charge in [0.1, 0.15) is 0 Å². The Morgan fingerprint density at radius 2 is 1.85 bits per heavy atom. The summed E-state index contributed by atoms with van der Waals surface area (Å²) in [5.74, 6) is 2.57. The highest BCUT2D eigenvalue weighted by Gasteiger charge is 2.25. The average Bonchev–Trinajstić information content (AvgIpc) is 2.88. The van der Waals surface area contributed by atoms with Crippen LogP contribution in [0.25, 0.3) is 0 Å². The van der Waals surface area contributed by atoms with Gasteiger partial charge >= 0.3 is 0 Å². The van der Waals surface area contributed by atoms with E-state index in [9.17, 15) is 0 Å². The predicted octanol–water partition coefficient (Wildman–Crippen LogP) is 4.91. The molecule has 1 nitrogen and oxygen atoms in total. The van der Waals surface area contributed by atoms with Crippen molar-refractivity contribution in [1.82, 2.24) is 5.32 Å². The maximum absolute atomic E-state index is 3.69. The summed E-state index contributed by atoms with van der Waals surface area (Å²) in [6, 6.07) is 4.70. The molecule has 1 saturated carbocycles. The second-order valence-electron chi connectivity index (χ2n) is 6.78. The van der Waals surface area contributed by atoms with Crippen LogP contribution in [-0.4, -0.2) is 13.1 Å². The number of thiophene rings is 1. The Labute approximate surface area is 129 Å². The number of hydrogen-bond acceptors (Lipinski definition) is 2. The molecule has 0 radical (unpaired) electrons. The first-order valence-electron chi connectivity index (χ1n) is 8.47. The third-order valence-electron chi connectivity index (χ3n) is 4.55. The minimum absolute atomic E-state index is 0.765. The van der Waals surface area contributed by atoms with E-state index in [-0.39, 0.29) is 0 Å². The molecule has 1 aromatic rings. The zero-order valence-electron chi connectivity index (χ0n) is 13.5. The Morgan fingerprint density at radius 3 is 2.50 bits per heavy atom. The molecule has 114 valence electrons. The summed E-state index contributed by atoms with van der Waals surface area (Å²) < 4.78 is 0. The van der Waals surface area contributed by atoms with Gasteiger partial charge in [-0.05, 0) is 68.7 Å². The number of nitrogens with one attached hydrogen (secondary N) is 1. The van der Waals surface area contributed by atoms with Crippen molar-refractivity contribution >= 4 is 11.3 Å². The highest BCUT2D eigenvalue weighted by atomic mass is 32.1. The van der Waals surface area contributed by atoms with Crippen molar-refractivity contribution in [3.8, 4) is 0 Å². The van der Waals surface area contributed by atoms with Crippen LogP contribution >= 0.6 is 11.3 Å². The van der Waals surface area contributed by atoms with Gasteiger partial charge in [0.25, 0.3) is 0 Å². The highest BCUT2D eigenvalue weighted by molar-refractivity contribution is 7.11. The molecule has 2 heteroatoms. The zero-order valence-corrected chi connectivity index (χ0v) is 14.3. The van der Waals surface area contributed by atoms with E-state index in [1.54, 1.807) is 9.75 Å². The molecule has 2 atom stereocenters. The van der Waals surface area contributed by atoms with E-state index in [1.807, 2.05) is 11.3 Å². The topological polar surface area (TPSA) is 12.0 Å². The molecule has 2 rings (SSSR count). The summed E-state index contributed by atoms with van der Waals surface area (Å²) in [5, 5.41) is 3.69. The van der Waals surface area contributed by atoms with Gasteiger partial charge in [0, 0.05) is 9.75 Å². The second-order valence-corrected chi connectivity index (χ2v) is 8.04. The van der Waals surface area contributed by atoms with Crippen molar-refractivity contribution in [2.24, 2.45) is 17.8 Å². The van der Waals surface area contributed by atoms with Gasteiger partial charge in [-0.15, -0.1) is 11.3 Å². The summed E-state index contributed by atoms with van der Waals surface area (Å²) in [6.45, 7) is 9.25. The lowest BCUT2D eigenvalue weighted by atomic mass is 9.77. The van der Waals surface area contributed by atoms with Crippen LogP contribution in [0, 0.1) is 17.8 Å². The Bertz CT molecular complexity index is 383. The summed E-state index contributed by atoms with van der Waals surface area (Å²) in [5.41, 5.74) is 0. The van der Waals surface area contributed by atoms with Gasteiger partial charge < -0.3 is 5.32 Å². The third kappa shape index (κ3) is 4.89. The molecule has 0 saturated heterocycles. The first kappa shape index (κ1) is 16.0. The van der Waals surface area contributed by atoms with Crippen molar-refractivity contribution in [1.29, 1.82) is 0 Å². The van der Waals surface area contributed by atoms with Crippen LogP contribution < -0.4 is 5.32 Å². The quantitative estimate of drug-likeness (QED) is 0.753. The molecule has 0 bridgehead atoms. The molecule has 0 spiro atoms. The summed E-state index contributed by atoms with van der Waals surface area (Å²) in [7, 11) is 0. The van der Waals surface area contributed by atoms with E-state index in [0.29, 0.717) is 0 Å². The van der Waals surface area contributed by atoms with Crippen molar-refractivity contribution in [3.63, 3.8) is 0 Å². The van der Waals surface area contributed by atoms with E-state index in [2.05, 4.69) is 38.2 Å². The molecule has 0 aliphatic heterocycles. The lowest BCUT2D eigenvalue weighted by molar-refractivity contribution is 0.227. The lowest BCUT2D eigenvalue weighted by Crippen LogP contribution is -2.33. The normalized spacial score (nSPS) is 23.4. The molecular formula is C18H31NS. The molecule has 1 N–H and O–H groups in total. The minimum Gasteiger partial charge on any atom is -0.316 e. The fourth-order valence-electron chi connectivity index (χ4n) is 3.36. The van der Waals surface area contributed by atoms with E-state index in [0.717, 1.165) is 17.8 Å². The Hall–Kier alpha value is -0.340. The Morgan fingerprint density at radius 1 is 1.15 bits per heavy atom. The van der Waals surface area contributed by atoms with E-state index < -0.39 is 0 Å². The van der Waals surface area contributed by atoms with Crippen molar-refractivity contribution < 1.29 is 0 Å². The minimum atomic E-state index is 0.765. The van der Waals surface area contributed by atoms with Gasteiger partial charge in [0.05, 0.1) is 0 Å². The van der Waals surface area contributed by atoms with Gasteiger partial charge in [-0.2, -0.15) is 0 Å². The number of hydrogen-bond donors (Lipinski definition) is 1. The van der Waals surface area contributed by atoms with Crippen LogP contribution in [0.2, 0.25) is 0 Å². The lowest BCUT2D eigenvalue weighted by Gasteiger charge is -2.32. The molecule has 2 unspecified atom stereocenters. The van der Waals surface area contributed by atoms with Crippen LogP contribution in [0.3, 0.4) is 0 Å². The van der Waals surface area contributed by atoms with Crippen LogP contribution in [0.4, 0.5) is 0 Å². The van der Waals surface area contributed by atoms with Gasteiger partial charge in [0.15, 0.2) is 0 Å². The summed E-state index contributed by atoms with van der Waals surface area (Å²) >= 11 is 2.04. The fourth-order valence-corrected chi connectivity index (χ4v) is 4.41. The summed E-state index contributed by atoms with van der Waals surface area (Å²) in [6.07, 6.45) is 8.26. The van der Waals surface area contributed by atoms with Gasteiger partial charge in [-0.25, -0.2) is 0 Å². The standard InChI is InChI=1S/C18H31NS/c1-4-17-9-10-18(20-17)11-15-7-5-6-8-16(15)13-19-12-14(2)3/h9-10,14-16,19H,4-8,11-13H2,1-3H3. The first-order valence-corrected chi connectivity index (χ1v) is 9.29. The van der Waals surface area contributed by atoms with E-state index in [4.69, 9.17) is 0 Å². The molecule has 1 aromatic heterocycles. The maximum Gasteiger partial charge on any atom is 0.00510 e. The molecule has 20 heavy (non-hydrogen) atoms. The smallest absolute Gasteiger partial charge is 0.00510 e. The van der Waals surface area contributed by atoms with Crippen LogP contribution in [0.5, 0.6) is 0 Å². The van der Waals surface area contributed by atoms with Crippen LogP contribution in [0.1, 0.15) is 56.2 Å². The second kappa shape index (κ2) is 8.19. The molecule has 1 aliphatic rings. The fraction of sp³-hybridized carbons (Fsp3) is 0.778. The zero-order chi connectivity index (χ0) is 14.4. The van der Waals surface area contributed by atoms with Crippen molar-refractivity contribution in [3.05, 3.63) is 21.9 Å². The molecule has 0 amide bonds. The molecule has 1 fully saturated rings. The largest absolute Gasteiger partial charge is 0.316 e. The van der Waals surface area contributed by atoms with Gasteiger partial charge in [-0.3, -0.25) is 0 Å². The van der Waals surface area contributed by atoms with E-state index >= 15 is 0 Å². The highest BCUT2D eigenvalue weighted by Crippen LogP contribution is 2.33. The summed E-state index contributed by atoms with van der Waals surface area (Å²) in [4.78, 5) is 3.16. The first-order chi connectivity index (χ1) is 9.69. The van der Waals surface area contributed by atoms with Crippen LogP contribution in [-0.2, 0) is 12.8 Å². The van der Waals surface area contributed by atoms with E-state index in [1.165, 1.54) is 51.6 Å². The third-order valence-corrected chi connectivity index (χ3v) is 5.81. The monoisotopic (exact) mass is 293 g/mol. The van der Waals surface area contributed by atoms with Gasteiger partial charge in [-0.1, -0.05) is 33.6 Å². The van der Waals surface area contributed by atoms with Crippen molar-refractivity contribution in [2.45, 2.75) is 59.3 Å². The molecule has 1 aliphatic carbocycles.